The normalized spacial score (nSPS) is 37.6. The van der Waals surface area contributed by atoms with E-state index in [1.807, 2.05) is 0 Å². The van der Waals surface area contributed by atoms with Gasteiger partial charge >= 0.3 is 0 Å². The van der Waals surface area contributed by atoms with Crippen LogP contribution in [0.3, 0.4) is 0 Å². The van der Waals surface area contributed by atoms with Crippen molar-refractivity contribution in [2.24, 2.45) is 34.3 Å². The molecule has 2 saturated carbocycles. The molecule has 2 aliphatic carbocycles. The molecular weight excluding hydrogens is 236 g/mol. The highest BCUT2D eigenvalue weighted by Crippen LogP contribution is 2.65. The molecular formula is C16H30N2O. The van der Waals surface area contributed by atoms with Gasteiger partial charge in [-0.2, -0.15) is 0 Å². The monoisotopic (exact) mass is 266 g/mol. The lowest BCUT2D eigenvalue weighted by Gasteiger charge is -2.40. The molecule has 2 aliphatic rings. The number of hydrogen-bond acceptors (Lipinski definition) is 2. The maximum atomic E-state index is 12.4. The zero-order valence-electron chi connectivity index (χ0n) is 13.1. The van der Waals surface area contributed by atoms with Crippen LogP contribution >= 0.6 is 0 Å². The van der Waals surface area contributed by atoms with Crippen molar-refractivity contribution in [1.82, 2.24) is 5.32 Å². The van der Waals surface area contributed by atoms with Crippen molar-refractivity contribution in [3.05, 3.63) is 0 Å². The first kappa shape index (κ1) is 14.8. The zero-order chi connectivity index (χ0) is 14.4. The second-order valence-electron chi connectivity index (χ2n) is 7.76. The van der Waals surface area contributed by atoms with Crippen molar-refractivity contribution in [3.63, 3.8) is 0 Å². The first-order valence-electron chi connectivity index (χ1n) is 7.74. The molecule has 0 aliphatic heterocycles. The Balaban J connectivity index is 2.08. The van der Waals surface area contributed by atoms with Crippen LogP contribution in [0.2, 0.25) is 0 Å². The van der Waals surface area contributed by atoms with Crippen LogP contribution in [0.1, 0.15) is 53.9 Å². The highest BCUT2D eigenvalue weighted by molar-refractivity contribution is 5.79. The summed E-state index contributed by atoms with van der Waals surface area (Å²) in [6, 6.07) is 0.335. The Morgan fingerprint density at radius 2 is 2.00 bits per heavy atom. The fraction of sp³-hybridized carbons (Fsp3) is 0.938. The van der Waals surface area contributed by atoms with Gasteiger partial charge in [0.2, 0.25) is 5.91 Å². The van der Waals surface area contributed by atoms with Gasteiger partial charge in [-0.3, -0.25) is 4.79 Å². The number of rotatable bonds is 4. The van der Waals surface area contributed by atoms with Gasteiger partial charge in [0, 0.05) is 12.6 Å². The van der Waals surface area contributed by atoms with Crippen LogP contribution in [0.4, 0.5) is 0 Å². The van der Waals surface area contributed by atoms with Crippen LogP contribution in [-0.4, -0.2) is 18.5 Å². The minimum atomic E-state index is -0.0501. The van der Waals surface area contributed by atoms with E-state index in [0.717, 1.165) is 12.3 Å². The maximum absolute atomic E-state index is 12.4. The van der Waals surface area contributed by atoms with E-state index in [9.17, 15) is 4.79 Å². The summed E-state index contributed by atoms with van der Waals surface area (Å²) in [5.41, 5.74) is 6.35. The standard InChI is InChI=1S/C16H30N2O/c1-10(2)12(9-17)14(19)18-13-8-11-6-7-16(13,5)15(11,3)4/h10-13H,6-9,17H2,1-5H3,(H,18,19). The highest BCUT2D eigenvalue weighted by Gasteiger charge is 2.61. The molecule has 2 fully saturated rings. The maximum Gasteiger partial charge on any atom is 0.224 e. The summed E-state index contributed by atoms with van der Waals surface area (Å²) in [4.78, 5) is 12.4. The molecule has 0 aromatic heterocycles. The zero-order valence-corrected chi connectivity index (χ0v) is 13.1. The number of hydrogen-bond donors (Lipinski definition) is 2. The molecule has 2 rings (SSSR count). The third-order valence-electron chi connectivity index (χ3n) is 6.51. The number of carbonyl (C=O) groups is 1. The van der Waals surface area contributed by atoms with E-state index in [1.165, 1.54) is 12.8 Å². The number of nitrogens with two attached hydrogens (primary N) is 1. The fourth-order valence-corrected chi connectivity index (χ4v) is 4.38. The van der Waals surface area contributed by atoms with E-state index in [2.05, 4.69) is 39.9 Å². The summed E-state index contributed by atoms with van der Waals surface area (Å²) in [6.07, 6.45) is 3.70. The molecule has 0 saturated heterocycles. The summed E-state index contributed by atoms with van der Waals surface area (Å²) >= 11 is 0. The Morgan fingerprint density at radius 1 is 1.37 bits per heavy atom. The van der Waals surface area contributed by atoms with E-state index >= 15 is 0 Å². The van der Waals surface area contributed by atoms with Crippen molar-refractivity contribution in [1.29, 1.82) is 0 Å². The molecule has 0 radical (unpaired) electrons. The lowest BCUT2D eigenvalue weighted by Crippen LogP contribution is -2.50. The lowest BCUT2D eigenvalue weighted by molar-refractivity contribution is -0.127. The minimum Gasteiger partial charge on any atom is -0.353 e. The molecule has 4 unspecified atom stereocenters. The molecule has 19 heavy (non-hydrogen) atoms. The van der Waals surface area contributed by atoms with Gasteiger partial charge in [-0.15, -0.1) is 0 Å². The summed E-state index contributed by atoms with van der Waals surface area (Å²) in [6.45, 7) is 11.7. The molecule has 1 amide bonds. The Bertz CT molecular complexity index is 364. The molecule has 4 atom stereocenters. The van der Waals surface area contributed by atoms with Crippen molar-refractivity contribution in [2.45, 2.75) is 59.9 Å². The molecule has 0 heterocycles. The molecule has 3 heteroatoms. The van der Waals surface area contributed by atoms with E-state index in [4.69, 9.17) is 5.73 Å². The van der Waals surface area contributed by atoms with E-state index in [0.29, 0.717) is 23.9 Å². The Labute approximate surface area is 117 Å². The van der Waals surface area contributed by atoms with Crippen LogP contribution in [-0.2, 0) is 4.79 Å². The average molecular weight is 266 g/mol. The molecule has 110 valence electrons. The summed E-state index contributed by atoms with van der Waals surface area (Å²) in [5, 5.41) is 3.32. The smallest absolute Gasteiger partial charge is 0.224 e. The second-order valence-corrected chi connectivity index (χ2v) is 7.76. The Morgan fingerprint density at radius 3 is 2.37 bits per heavy atom. The lowest BCUT2D eigenvalue weighted by atomic mass is 9.69. The van der Waals surface area contributed by atoms with Crippen molar-refractivity contribution >= 4 is 5.91 Å². The highest BCUT2D eigenvalue weighted by atomic mass is 16.2. The van der Waals surface area contributed by atoms with Crippen LogP contribution in [0.25, 0.3) is 0 Å². The predicted molar refractivity (Wildman–Crippen MR) is 78.5 cm³/mol. The quantitative estimate of drug-likeness (QED) is 0.821. The van der Waals surface area contributed by atoms with Gasteiger partial charge in [0.25, 0.3) is 0 Å². The summed E-state index contributed by atoms with van der Waals surface area (Å²) in [7, 11) is 0. The van der Waals surface area contributed by atoms with Gasteiger partial charge in [-0.05, 0) is 41.9 Å². The first-order chi connectivity index (χ1) is 8.74. The summed E-state index contributed by atoms with van der Waals surface area (Å²) in [5.74, 6) is 1.18. The van der Waals surface area contributed by atoms with E-state index in [1.54, 1.807) is 0 Å². The first-order valence-corrected chi connectivity index (χ1v) is 7.74. The third-order valence-corrected chi connectivity index (χ3v) is 6.51. The third kappa shape index (κ3) is 2.10. The van der Waals surface area contributed by atoms with Crippen LogP contribution < -0.4 is 11.1 Å². The molecule has 3 N–H and O–H groups in total. The second kappa shape index (κ2) is 4.76. The van der Waals surface area contributed by atoms with Gasteiger partial charge in [0.15, 0.2) is 0 Å². The molecule has 0 spiro atoms. The fourth-order valence-electron chi connectivity index (χ4n) is 4.38. The van der Waals surface area contributed by atoms with Gasteiger partial charge in [-0.1, -0.05) is 34.6 Å². The van der Waals surface area contributed by atoms with Crippen LogP contribution in [0.5, 0.6) is 0 Å². The summed E-state index contributed by atoms with van der Waals surface area (Å²) < 4.78 is 0. The number of carbonyl (C=O) groups excluding carboxylic acids is 1. The SMILES string of the molecule is CC(C)C(CN)C(=O)NC1CC2CCC1(C)C2(C)C. The van der Waals surface area contributed by atoms with E-state index in [-0.39, 0.29) is 17.2 Å². The molecule has 2 bridgehead atoms. The average Bonchev–Trinajstić information content (AvgIpc) is 2.62. The largest absolute Gasteiger partial charge is 0.353 e. The van der Waals surface area contributed by atoms with Crippen LogP contribution in [0.15, 0.2) is 0 Å². The minimum absolute atomic E-state index is 0.0501. The van der Waals surface area contributed by atoms with Gasteiger partial charge in [0.1, 0.15) is 0 Å². The van der Waals surface area contributed by atoms with E-state index < -0.39 is 0 Å². The van der Waals surface area contributed by atoms with Crippen molar-refractivity contribution in [2.75, 3.05) is 6.54 Å². The molecule has 3 nitrogen and oxygen atoms in total. The number of amides is 1. The van der Waals surface area contributed by atoms with Crippen molar-refractivity contribution < 1.29 is 4.79 Å². The van der Waals surface area contributed by atoms with Gasteiger partial charge < -0.3 is 11.1 Å². The molecule has 0 aromatic carbocycles. The number of fused-ring (bicyclic) bond motifs is 2. The number of nitrogens with one attached hydrogen (secondary N) is 1. The molecule has 0 aromatic rings. The van der Waals surface area contributed by atoms with Gasteiger partial charge in [-0.25, -0.2) is 0 Å². The van der Waals surface area contributed by atoms with Gasteiger partial charge in [0.05, 0.1) is 5.92 Å². The van der Waals surface area contributed by atoms with Crippen LogP contribution in [0, 0.1) is 28.6 Å². The van der Waals surface area contributed by atoms with Crippen molar-refractivity contribution in [3.8, 4) is 0 Å². The Hall–Kier alpha value is -0.570. The topological polar surface area (TPSA) is 55.1 Å². The Kier molecular flexibility index (Phi) is 3.72. The predicted octanol–water partition coefficient (Wildman–Crippen LogP) is 2.55.